The van der Waals surface area contributed by atoms with Gasteiger partial charge in [-0.1, -0.05) is 74.2 Å². The predicted molar refractivity (Wildman–Crippen MR) is 92.4 cm³/mol. The molecule has 0 aromatic heterocycles. The van der Waals surface area contributed by atoms with E-state index >= 15 is 0 Å². The van der Waals surface area contributed by atoms with Gasteiger partial charge in [0.2, 0.25) is 0 Å². The summed E-state index contributed by atoms with van der Waals surface area (Å²) in [6, 6.07) is 7.39. The molecule has 118 valence electrons. The summed E-state index contributed by atoms with van der Waals surface area (Å²) in [4.78, 5) is 11.4. The smallest absolute Gasteiger partial charge is 0.335 e. The van der Waals surface area contributed by atoms with Crippen molar-refractivity contribution in [3.63, 3.8) is 0 Å². The third-order valence-electron chi connectivity index (χ3n) is 3.98. The van der Waals surface area contributed by atoms with Crippen LogP contribution in [0.2, 0.25) is 0 Å². The van der Waals surface area contributed by atoms with Crippen LogP contribution in [0.15, 0.2) is 24.3 Å². The molecule has 3 heteroatoms. The van der Waals surface area contributed by atoms with E-state index in [1.165, 1.54) is 19.3 Å². The van der Waals surface area contributed by atoms with Crippen molar-refractivity contribution in [3.05, 3.63) is 35.4 Å². The van der Waals surface area contributed by atoms with E-state index in [1.54, 1.807) is 12.1 Å². The molecule has 2 atom stereocenters. The lowest BCUT2D eigenvalue weighted by molar-refractivity contribution is 0.0695. The van der Waals surface area contributed by atoms with E-state index < -0.39 is 5.97 Å². The molecule has 0 aliphatic rings. The Labute approximate surface area is 137 Å². The Morgan fingerprint density at radius 2 is 1.86 bits per heavy atom. The van der Waals surface area contributed by atoms with Crippen LogP contribution in [0.25, 0.3) is 0 Å². The van der Waals surface area contributed by atoms with E-state index in [4.69, 9.17) is 0 Å². The molecule has 0 fully saturated rings. The number of aromatic carboxylic acids is 1. The van der Waals surface area contributed by atoms with E-state index in [9.17, 15) is 9.90 Å². The quantitative estimate of drug-likeness (QED) is 0.576. The van der Waals surface area contributed by atoms with Gasteiger partial charge >= 0.3 is 5.97 Å². The fourth-order valence-corrected chi connectivity index (χ4v) is 3.41. The highest BCUT2D eigenvalue weighted by Crippen LogP contribution is 2.30. The molecule has 21 heavy (non-hydrogen) atoms. The first-order chi connectivity index (χ1) is 9.95. The van der Waals surface area contributed by atoms with Crippen molar-refractivity contribution in [2.45, 2.75) is 52.4 Å². The summed E-state index contributed by atoms with van der Waals surface area (Å²) >= 11 is 3.56. The standard InChI is InChI=1S/C18H27BrO2/c1-13(2)7-6-8-14(3)11-15(12-19)16-9-4-5-10-17(16)18(20)21/h4-5,9-10,13-15H,6-8,11-12H2,1-3H3,(H,20,21)/t14-,15+/m1/s1. The maximum Gasteiger partial charge on any atom is 0.335 e. The van der Waals surface area contributed by atoms with Crippen molar-refractivity contribution < 1.29 is 9.90 Å². The third kappa shape index (κ3) is 6.21. The van der Waals surface area contributed by atoms with E-state index in [1.807, 2.05) is 12.1 Å². The van der Waals surface area contributed by atoms with Crippen molar-refractivity contribution in [2.75, 3.05) is 5.33 Å². The van der Waals surface area contributed by atoms with Crippen LogP contribution >= 0.6 is 15.9 Å². The number of alkyl halides is 1. The van der Waals surface area contributed by atoms with Crippen molar-refractivity contribution in [2.24, 2.45) is 11.8 Å². The molecule has 1 N–H and O–H groups in total. The van der Waals surface area contributed by atoms with Gasteiger partial charge in [0.05, 0.1) is 5.56 Å². The summed E-state index contributed by atoms with van der Waals surface area (Å²) in [6.07, 6.45) is 4.79. The van der Waals surface area contributed by atoms with Gasteiger partial charge in [-0.2, -0.15) is 0 Å². The molecule has 0 unspecified atom stereocenters. The highest BCUT2D eigenvalue weighted by atomic mass is 79.9. The second-order valence-electron chi connectivity index (χ2n) is 6.41. The largest absolute Gasteiger partial charge is 0.478 e. The number of rotatable bonds is 9. The van der Waals surface area contributed by atoms with Crippen molar-refractivity contribution in [1.82, 2.24) is 0 Å². The van der Waals surface area contributed by atoms with Gasteiger partial charge < -0.3 is 5.11 Å². The molecule has 1 aromatic rings. The van der Waals surface area contributed by atoms with Gasteiger partial charge in [0.1, 0.15) is 0 Å². The fraction of sp³-hybridized carbons (Fsp3) is 0.611. The van der Waals surface area contributed by atoms with Gasteiger partial charge in [-0.25, -0.2) is 4.79 Å². The molecule has 0 aliphatic carbocycles. The van der Waals surface area contributed by atoms with Crippen LogP contribution in [-0.2, 0) is 0 Å². The van der Waals surface area contributed by atoms with Crippen LogP contribution < -0.4 is 0 Å². The molecule has 1 aromatic carbocycles. The van der Waals surface area contributed by atoms with Gasteiger partial charge in [0, 0.05) is 5.33 Å². The van der Waals surface area contributed by atoms with Crippen LogP contribution in [0.5, 0.6) is 0 Å². The first-order valence-corrected chi connectivity index (χ1v) is 8.96. The number of hydrogen-bond donors (Lipinski definition) is 1. The summed E-state index contributed by atoms with van der Waals surface area (Å²) in [5.74, 6) is 0.820. The van der Waals surface area contributed by atoms with Gasteiger partial charge in [-0.3, -0.25) is 0 Å². The molecule has 0 saturated carbocycles. The number of benzene rings is 1. The SMILES string of the molecule is CC(C)CCC[C@@H](C)C[C@@H](CBr)c1ccccc1C(=O)O. The highest BCUT2D eigenvalue weighted by Gasteiger charge is 2.20. The normalized spacial score (nSPS) is 14.1. The number of carbonyl (C=O) groups is 1. The third-order valence-corrected chi connectivity index (χ3v) is 4.76. The molecule has 0 heterocycles. The summed E-state index contributed by atoms with van der Waals surface area (Å²) in [5.41, 5.74) is 1.40. The van der Waals surface area contributed by atoms with Crippen LogP contribution in [0, 0.1) is 11.8 Å². The minimum atomic E-state index is -0.830. The van der Waals surface area contributed by atoms with Gasteiger partial charge in [0.15, 0.2) is 0 Å². The Hall–Kier alpha value is -0.830. The molecule has 0 radical (unpaired) electrons. The Balaban J connectivity index is 2.68. The lowest BCUT2D eigenvalue weighted by atomic mass is 9.86. The Morgan fingerprint density at radius 1 is 1.19 bits per heavy atom. The Kier molecular flexibility index (Phi) is 8.02. The van der Waals surface area contributed by atoms with Crippen LogP contribution in [-0.4, -0.2) is 16.4 Å². The zero-order valence-electron chi connectivity index (χ0n) is 13.3. The maximum absolute atomic E-state index is 11.4. The molecule has 1 rings (SSSR count). The maximum atomic E-state index is 11.4. The van der Waals surface area contributed by atoms with Crippen molar-refractivity contribution >= 4 is 21.9 Å². The van der Waals surface area contributed by atoms with E-state index in [0.29, 0.717) is 11.5 Å². The highest BCUT2D eigenvalue weighted by molar-refractivity contribution is 9.09. The van der Waals surface area contributed by atoms with Gasteiger partial charge in [-0.15, -0.1) is 0 Å². The molecular weight excluding hydrogens is 328 g/mol. The second-order valence-corrected chi connectivity index (χ2v) is 7.06. The lowest BCUT2D eigenvalue weighted by Crippen LogP contribution is -2.12. The molecule has 0 spiro atoms. The predicted octanol–water partition coefficient (Wildman–Crippen LogP) is 5.72. The van der Waals surface area contributed by atoms with Crippen LogP contribution in [0.3, 0.4) is 0 Å². The second kappa shape index (κ2) is 9.24. The number of hydrogen-bond acceptors (Lipinski definition) is 1. The van der Waals surface area contributed by atoms with Gasteiger partial charge in [-0.05, 0) is 35.8 Å². The fourth-order valence-electron chi connectivity index (χ4n) is 2.80. The van der Waals surface area contributed by atoms with Crippen LogP contribution in [0.4, 0.5) is 0 Å². The zero-order valence-corrected chi connectivity index (χ0v) is 14.9. The Bertz CT molecular complexity index is 443. The van der Waals surface area contributed by atoms with Crippen molar-refractivity contribution in [1.29, 1.82) is 0 Å². The Morgan fingerprint density at radius 3 is 2.43 bits per heavy atom. The van der Waals surface area contributed by atoms with E-state index in [-0.39, 0.29) is 5.92 Å². The summed E-state index contributed by atoms with van der Waals surface area (Å²) < 4.78 is 0. The minimum absolute atomic E-state index is 0.270. The summed E-state index contributed by atoms with van der Waals surface area (Å²) in [6.45, 7) is 6.80. The lowest BCUT2D eigenvalue weighted by Gasteiger charge is -2.21. The van der Waals surface area contributed by atoms with Gasteiger partial charge in [0.25, 0.3) is 0 Å². The van der Waals surface area contributed by atoms with Crippen LogP contribution in [0.1, 0.15) is 68.3 Å². The molecule has 0 saturated heterocycles. The van der Waals surface area contributed by atoms with Crippen molar-refractivity contribution in [3.8, 4) is 0 Å². The summed E-state index contributed by atoms with van der Waals surface area (Å²) in [5, 5.41) is 10.1. The topological polar surface area (TPSA) is 37.3 Å². The van der Waals surface area contributed by atoms with E-state index in [0.717, 1.165) is 23.2 Å². The summed E-state index contributed by atoms with van der Waals surface area (Å²) in [7, 11) is 0. The average Bonchev–Trinajstić information content (AvgIpc) is 2.44. The first kappa shape index (κ1) is 18.2. The number of carboxylic acids is 1. The monoisotopic (exact) mass is 354 g/mol. The molecular formula is C18H27BrO2. The molecule has 0 aliphatic heterocycles. The minimum Gasteiger partial charge on any atom is -0.478 e. The van der Waals surface area contributed by atoms with E-state index in [2.05, 4.69) is 36.7 Å². The number of halogens is 1. The number of carboxylic acid groups (broad SMARTS) is 1. The first-order valence-electron chi connectivity index (χ1n) is 7.83. The average molecular weight is 355 g/mol. The molecule has 0 amide bonds. The molecule has 0 bridgehead atoms. The molecule has 2 nitrogen and oxygen atoms in total. The zero-order chi connectivity index (χ0) is 15.8.